The number of carboxylic acid groups (broad SMARTS) is 1. The van der Waals surface area contributed by atoms with E-state index in [-0.39, 0.29) is 11.5 Å². The van der Waals surface area contributed by atoms with Crippen molar-refractivity contribution in [2.75, 3.05) is 11.9 Å². The van der Waals surface area contributed by atoms with Gasteiger partial charge in [-0.1, -0.05) is 48.5 Å². The van der Waals surface area contributed by atoms with E-state index in [1.165, 1.54) is 11.3 Å². The van der Waals surface area contributed by atoms with Gasteiger partial charge in [-0.3, -0.25) is 4.79 Å². The Morgan fingerprint density at radius 2 is 1.73 bits per heavy atom. The second-order valence-electron chi connectivity index (χ2n) is 6.60. The van der Waals surface area contributed by atoms with E-state index >= 15 is 0 Å². The number of thiophene rings is 1. The molecule has 0 aliphatic carbocycles. The Balaban J connectivity index is 1.68. The molecule has 30 heavy (non-hydrogen) atoms. The van der Waals surface area contributed by atoms with E-state index in [0.717, 1.165) is 22.1 Å². The molecule has 4 rings (SSSR count). The highest BCUT2D eigenvalue weighted by Gasteiger charge is 2.22. The molecule has 0 spiro atoms. The maximum atomic E-state index is 13.0. The summed E-state index contributed by atoms with van der Waals surface area (Å²) in [5.74, 6) is -0.708. The highest BCUT2D eigenvalue weighted by Crippen LogP contribution is 2.36. The largest absolute Gasteiger partial charge is 0.494 e. The molecule has 2 N–H and O–H groups in total. The molecule has 5 nitrogen and oxygen atoms in total. The molecule has 3 aromatic carbocycles. The van der Waals surface area contributed by atoms with Crippen molar-refractivity contribution in [2.24, 2.45) is 0 Å². The Morgan fingerprint density at radius 3 is 2.47 bits per heavy atom. The number of benzene rings is 3. The first-order chi connectivity index (χ1) is 14.6. The number of aromatic carboxylic acids is 1. The average Bonchev–Trinajstić information content (AvgIpc) is 3.18. The molecule has 1 amide bonds. The number of carboxylic acids is 1. The minimum Gasteiger partial charge on any atom is -0.494 e. The van der Waals surface area contributed by atoms with Gasteiger partial charge in [0.2, 0.25) is 0 Å². The molecule has 6 heteroatoms. The van der Waals surface area contributed by atoms with E-state index < -0.39 is 5.97 Å². The summed E-state index contributed by atoms with van der Waals surface area (Å²) >= 11 is 1.20. The molecular weight excluding hydrogens is 398 g/mol. The predicted molar refractivity (Wildman–Crippen MR) is 120 cm³/mol. The van der Waals surface area contributed by atoms with Crippen LogP contribution in [0, 0.1) is 0 Å². The molecule has 0 saturated heterocycles. The number of hydrogen-bond acceptors (Lipinski definition) is 4. The standard InChI is InChI=1S/C24H19NO4S/c1-2-29-17-12-10-16(11-13-17)20-14-30-23(21(20)24(27)28)25-22(26)19-9-5-7-15-6-3-4-8-18(15)19/h3-14H,2H2,1H3,(H,25,26)(H,27,28). The fraction of sp³-hybridized carbons (Fsp3) is 0.0833. The summed E-state index contributed by atoms with van der Waals surface area (Å²) in [6.45, 7) is 2.46. The summed E-state index contributed by atoms with van der Waals surface area (Å²) in [4.78, 5) is 25.0. The molecule has 0 aliphatic rings. The van der Waals surface area contributed by atoms with Crippen LogP contribution in [0.5, 0.6) is 5.75 Å². The van der Waals surface area contributed by atoms with Gasteiger partial charge in [0, 0.05) is 16.5 Å². The zero-order chi connectivity index (χ0) is 21.1. The molecule has 0 atom stereocenters. The van der Waals surface area contributed by atoms with Crippen LogP contribution in [-0.4, -0.2) is 23.6 Å². The van der Waals surface area contributed by atoms with Gasteiger partial charge in [0.25, 0.3) is 5.91 Å². The monoisotopic (exact) mass is 417 g/mol. The van der Waals surface area contributed by atoms with Crippen LogP contribution in [-0.2, 0) is 0 Å². The molecule has 0 bridgehead atoms. The summed E-state index contributed by atoms with van der Waals surface area (Å²) in [6, 6.07) is 20.3. The minimum atomic E-state index is -1.09. The van der Waals surface area contributed by atoms with E-state index in [0.29, 0.717) is 22.7 Å². The van der Waals surface area contributed by atoms with Crippen molar-refractivity contribution in [1.29, 1.82) is 0 Å². The normalized spacial score (nSPS) is 10.7. The topological polar surface area (TPSA) is 75.6 Å². The highest BCUT2D eigenvalue weighted by molar-refractivity contribution is 7.15. The van der Waals surface area contributed by atoms with Crippen molar-refractivity contribution in [2.45, 2.75) is 6.92 Å². The minimum absolute atomic E-state index is 0.0812. The lowest BCUT2D eigenvalue weighted by Crippen LogP contribution is -2.14. The van der Waals surface area contributed by atoms with E-state index in [9.17, 15) is 14.7 Å². The van der Waals surface area contributed by atoms with Crippen molar-refractivity contribution in [3.05, 3.63) is 83.2 Å². The summed E-state index contributed by atoms with van der Waals surface area (Å²) in [5, 5.41) is 16.4. The van der Waals surface area contributed by atoms with Crippen LogP contribution < -0.4 is 10.1 Å². The summed E-state index contributed by atoms with van der Waals surface area (Å²) in [6.07, 6.45) is 0. The first-order valence-corrected chi connectivity index (χ1v) is 10.3. The van der Waals surface area contributed by atoms with Crippen LogP contribution in [0.3, 0.4) is 0 Å². The van der Waals surface area contributed by atoms with Crippen molar-refractivity contribution in [1.82, 2.24) is 0 Å². The number of carbonyl (C=O) groups is 2. The van der Waals surface area contributed by atoms with Crippen molar-refractivity contribution in [3.63, 3.8) is 0 Å². The molecule has 0 fully saturated rings. The number of rotatable bonds is 6. The number of amides is 1. The molecular formula is C24H19NO4S. The van der Waals surface area contributed by atoms with Gasteiger partial charge in [0.1, 0.15) is 16.3 Å². The van der Waals surface area contributed by atoms with Crippen LogP contribution >= 0.6 is 11.3 Å². The van der Waals surface area contributed by atoms with Gasteiger partial charge >= 0.3 is 5.97 Å². The van der Waals surface area contributed by atoms with Crippen molar-refractivity contribution in [3.8, 4) is 16.9 Å². The van der Waals surface area contributed by atoms with Crippen LogP contribution in [0.15, 0.2) is 72.1 Å². The molecule has 1 aromatic heterocycles. The Bertz CT molecular complexity index is 1220. The van der Waals surface area contributed by atoms with Gasteiger partial charge in [-0.05, 0) is 41.5 Å². The second-order valence-corrected chi connectivity index (χ2v) is 7.48. The molecule has 4 aromatic rings. The fourth-order valence-electron chi connectivity index (χ4n) is 3.37. The lowest BCUT2D eigenvalue weighted by Gasteiger charge is -2.09. The Morgan fingerprint density at radius 1 is 1.00 bits per heavy atom. The third-order valence-electron chi connectivity index (χ3n) is 4.74. The lowest BCUT2D eigenvalue weighted by atomic mass is 10.0. The van der Waals surface area contributed by atoms with Crippen molar-refractivity contribution < 1.29 is 19.4 Å². The number of ether oxygens (including phenoxy) is 1. The third-order valence-corrected chi connectivity index (χ3v) is 5.64. The van der Waals surface area contributed by atoms with Gasteiger partial charge in [0.05, 0.1) is 6.61 Å². The maximum Gasteiger partial charge on any atom is 0.339 e. The lowest BCUT2D eigenvalue weighted by molar-refractivity contribution is 0.0699. The number of hydrogen-bond donors (Lipinski definition) is 2. The average molecular weight is 417 g/mol. The van der Waals surface area contributed by atoms with Crippen LogP contribution in [0.1, 0.15) is 27.6 Å². The number of nitrogens with one attached hydrogen (secondary N) is 1. The first kappa shape index (κ1) is 19.7. The summed E-state index contributed by atoms with van der Waals surface area (Å²) < 4.78 is 5.45. The van der Waals surface area contributed by atoms with Gasteiger partial charge < -0.3 is 15.2 Å². The van der Waals surface area contributed by atoms with Crippen molar-refractivity contribution >= 4 is 39.0 Å². The number of fused-ring (bicyclic) bond motifs is 1. The van der Waals surface area contributed by atoms with E-state index in [1.54, 1.807) is 23.6 Å². The Labute approximate surface area is 177 Å². The number of carbonyl (C=O) groups excluding carboxylic acids is 1. The molecule has 150 valence electrons. The van der Waals surface area contributed by atoms with Crippen LogP contribution in [0.2, 0.25) is 0 Å². The van der Waals surface area contributed by atoms with Gasteiger partial charge in [-0.2, -0.15) is 0 Å². The highest BCUT2D eigenvalue weighted by atomic mass is 32.1. The molecule has 1 heterocycles. The molecule has 0 aliphatic heterocycles. The molecule has 0 unspecified atom stereocenters. The second kappa shape index (κ2) is 8.39. The van der Waals surface area contributed by atoms with Gasteiger partial charge in [-0.25, -0.2) is 4.79 Å². The Hall–Kier alpha value is -3.64. The van der Waals surface area contributed by atoms with E-state index in [2.05, 4.69) is 5.32 Å². The predicted octanol–water partition coefficient (Wildman–Crippen LogP) is 5.92. The smallest absolute Gasteiger partial charge is 0.339 e. The summed E-state index contributed by atoms with van der Waals surface area (Å²) in [5.41, 5.74) is 1.89. The van der Waals surface area contributed by atoms with E-state index in [1.807, 2.05) is 55.5 Å². The van der Waals surface area contributed by atoms with Gasteiger partial charge in [0.15, 0.2) is 0 Å². The summed E-state index contributed by atoms with van der Waals surface area (Å²) in [7, 11) is 0. The van der Waals surface area contributed by atoms with Crippen LogP contribution in [0.25, 0.3) is 21.9 Å². The SMILES string of the molecule is CCOc1ccc(-c2csc(NC(=O)c3cccc4ccccc34)c2C(=O)O)cc1. The van der Waals surface area contributed by atoms with Crippen LogP contribution in [0.4, 0.5) is 5.00 Å². The number of anilines is 1. The quantitative estimate of drug-likeness (QED) is 0.408. The fourth-order valence-corrected chi connectivity index (χ4v) is 4.32. The zero-order valence-electron chi connectivity index (χ0n) is 16.2. The van der Waals surface area contributed by atoms with Gasteiger partial charge in [-0.15, -0.1) is 11.3 Å². The molecule has 0 saturated carbocycles. The maximum absolute atomic E-state index is 13.0. The Kier molecular flexibility index (Phi) is 5.50. The van der Waals surface area contributed by atoms with E-state index in [4.69, 9.17) is 4.74 Å². The third kappa shape index (κ3) is 3.77. The first-order valence-electron chi connectivity index (χ1n) is 9.45. The molecule has 0 radical (unpaired) electrons. The zero-order valence-corrected chi connectivity index (χ0v) is 17.0.